The van der Waals surface area contributed by atoms with Crippen molar-refractivity contribution in [2.45, 2.75) is 17.6 Å². The molecule has 1 aromatic carbocycles. The summed E-state index contributed by atoms with van der Waals surface area (Å²) in [7, 11) is 0. The maximum Gasteiger partial charge on any atom is 0.205 e. The third-order valence-corrected chi connectivity index (χ3v) is 4.08. The van der Waals surface area contributed by atoms with E-state index in [4.69, 9.17) is 5.11 Å². The van der Waals surface area contributed by atoms with Gasteiger partial charge in [-0.25, -0.2) is 0 Å². The SMILES string of the molecule is CCNc1nnc(CSc2ccc(O)cc2)s1. The molecule has 0 unspecified atom stereocenters. The van der Waals surface area contributed by atoms with Crippen LogP contribution in [0.25, 0.3) is 0 Å². The van der Waals surface area contributed by atoms with E-state index in [9.17, 15) is 0 Å². The highest BCUT2D eigenvalue weighted by Crippen LogP contribution is 2.26. The van der Waals surface area contributed by atoms with Crippen molar-refractivity contribution in [2.75, 3.05) is 11.9 Å². The van der Waals surface area contributed by atoms with Crippen molar-refractivity contribution in [3.05, 3.63) is 29.3 Å². The van der Waals surface area contributed by atoms with Crippen LogP contribution >= 0.6 is 23.1 Å². The molecule has 2 rings (SSSR count). The number of anilines is 1. The molecule has 0 aliphatic carbocycles. The number of benzene rings is 1. The summed E-state index contributed by atoms with van der Waals surface area (Å²) in [4.78, 5) is 1.11. The van der Waals surface area contributed by atoms with E-state index in [2.05, 4.69) is 15.5 Å². The van der Waals surface area contributed by atoms with Gasteiger partial charge in [-0.1, -0.05) is 11.3 Å². The van der Waals surface area contributed by atoms with E-state index < -0.39 is 0 Å². The molecule has 0 aliphatic heterocycles. The molecule has 0 saturated heterocycles. The number of phenolic OH excluding ortho intramolecular Hbond substituents is 1. The number of hydrogen-bond acceptors (Lipinski definition) is 6. The number of hydrogen-bond donors (Lipinski definition) is 2. The molecule has 0 fully saturated rings. The van der Waals surface area contributed by atoms with E-state index in [0.717, 1.165) is 27.3 Å². The predicted molar refractivity (Wildman–Crippen MR) is 71.7 cm³/mol. The molecule has 4 nitrogen and oxygen atoms in total. The number of nitrogens with one attached hydrogen (secondary N) is 1. The van der Waals surface area contributed by atoms with Crippen LogP contribution in [-0.4, -0.2) is 21.8 Å². The van der Waals surface area contributed by atoms with E-state index in [1.54, 1.807) is 35.2 Å². The molecular formula is C11H13N3OS2. The topological polar surface area (TPSA) is 58.0 Å². The second kappa shape index (κ2) is 5.88. The van der Waals surface area contributed by atoms with Crippen LogP contribution < -0.4 is 5.32 Å². The molecule has 1 heterocycles. The Kier molecular flexibility index (Phi) is 4.22. The number of thioether (sulfide) groups is 1. The number of aromatic nitrogens is 2. The van der Waals surface area contributed by atoms with E-state index in [1.807, 2.05) is 19.1 Å². The van der Waals surface area contributed by atoms with Crippen molar-refractivity contribution in [1.29, 1.82) is 0 Å². The Balaban J connectivity index is 1.90. The van der Waals surface area contributed by atoms with Crippen LogP contribution in [0.4, 0.5) is 5.13 Å². The molecule has 0 spiro atoms. The Hall–Kier alpha value is -1.27. The van der Waals surface area contributed by atoms with E-state index >= 15 is 0 Å². The smallest absolute Gasteiger partial charge is 0.205 e. The molecule has 0 aliphatic rings. The summed E-state index contributed by atoms with van der Waals surface area (Å²) in [6.45, 7) is 2.89. The Labute approximate surface area is 108 Å². The first-order chi connectivity index (χ1) is 8.28. The second-order valence-corrected chi connectivity index (χ2v) is 5.42. The normalized spacial score (nSPS) is 10.4. The van der Waals surface area contributed by atoms with Gasteiger partial charge in [-0.05, 0) is 31.2 Å². The van der Waals surface area contributed by atoms with Gasteiger partial charge in [-0.3, -0.25) is 0 Å². The van der Waals surface area contributed by atoms with Gasteiger partial charge in [-0.2, -0.15) is 0 Å². The highest BCUT2D eigenvalue weighted by molar-refractivity contribution is 7.98. The molecule has 1 aromatic heterocycles. The molecule has 0 radical (unpaired) electrons. The van der Waals surface area contributed by atoms with Gasteiger partial charge in [0.25, 0.3) is 0 Å². The first kappa shape index (κ1) is 12.2. The third-order valence-electron chi connectivity index (χ3n) is 1.99. The Bertz CT molecular complexity index is 470. The van der Waals surface area contributed by atoms with Gasteiger partial charge in [0, 0.05) is 11.4 Å². The average Bonchev–Trinajstić information content (AvgIpc) is 2.77. The Morgan fingerprint density at radius 2 is 2.06 bits per heavy atom. The summed E-state index contributed by atoms with van der Waals surface area (Å²) in [5.41, 5.74) is 0. The standard InChI is InChI=1S/C11H13N3OS2/c1-2-12-11-14-13-10(17-11)7-16-9-5-3-8(15)4-6-9/h3-6,15H,2,7H2,1H3,(H,12,14). The lowest BCUT2D eigenvalue weighted by atomic mass is 10.3. The van der Waals surface area contributed by atoms with E-state index in [0.29, 0.717) is 5.75 Å². The second-order valence-electron chi connectivity index (χ2n) is 3.31. The van der Waals surface area contributed by atoms with Gasteiger partial charge in [0.1, 0.15) is 10.8 Å². The molecule has 90 valence electrons. The largest absolute Gasteiger partial charge is 0.508 e. The molecule has 0 amide bonds. The van der Waals surface area contributed by atoms with Crippen molar-refractivity contribution < 1.29 is 5.11 Å². The maximum atomic E-state index is 9.17. The molecule has 0 bridgehead atoms. The van der Waals surface area contributed by atoms with Crippen molar-refractivity contribution >= 4 is 28.2 Å². The van der Waals surface area contributed by atoms with E-state index in [1.165, 1.54) is 0 Å². The molecule has 2 aromatic rings. The van der Waals surface area contributed by atoms with Gasteiger partial charge in [-0.15, -0.1) is 22.0 Å². The maximum absolute atomic E-state index is 9.17. The summed E-state index contributed by atoms with van der Waals surface area (Å²) >= 11 is 3.26. The number of phenols is 1. The minimum absolute atomic E-state index is 0.291. The van der Waals surface area contributed by atoms with Crippen LogP contribution in [-0.2, 0) is 5.75 Å². The number of aromatic hydroxyl groups is 1. The van der Waals surface area contributed by atoms with E-state index in [-0.39, 0.29) is 0 Å². The fraction of sp³-hybridized carbons (Fsp3) is 0.273. The minimum Gasteiger partial charge on any atom is -0.508 e. The van der Waals surface area contributed by atoms with Gasteiger partial charge >= 0.3 is 0 Å². The molecule has 6 heteroatoms. The lowest BCUT2D eigenvalue weighted by Gasteiger charge is -1.98. The number of nitrogens with zero attached hydrogens (tertiary/aromatic N) is 2. The van der Waals surface area contributed by atoms with Crippen LogP contribution in [0.1, 0.15) is 11.9 Å². The zero-order valence-electron chi connectivity index (χ0n) is 9.38. The summed E-state index contributed by atoms with van der Waals surface area (Å²) in [6, 6.07) is 7.16. The van der Waals surface area contributed by atoms with Crippen molar-refractivity contribution in [2.24, 2.45) is 0 Å². The first-order valence-corrected chi connectivity index (χ1v) is 7.06. The predicted octanol–water partition coefficient (Wildman–Crippen LogP) is 2.97. The van der Waals surface area contributed by atoms with Crippen LogP contribution in [0.5, 0.6) is 5.75 Å². The van der Waals surface area contributed by atoms with Crippen LogP contribution in [0.3, 0.4) is 0 Å². The quantitative estimate of drug-likeness (QED) is 0.816. The zero-order valence-corrected chi connectivity index (χ0v) is 11.0. The first-order valence-electron chi connectivity index (χ1n) is 5.26. The van der Waals surface area contributed by atoms with Crippen LogP contribution in [0.15, 0.2) is 29.2 Å². The fourth-order valence-corrected chi connectivity index (χ4v) is 2.91. The average molecular weight is 267 g/mol. The molecule has 0 saturated carbocycles. The highest BCUT2D eigenvalue weighted by Gasteiger charge is 2.03. The van der Waals surface area contributed by atoms with Gasteiger partial charge in [0.2, 0.25) is 5.13 Å². The van der Waals surface area contributed by atoms with Crippen molar-refractivity contribution in [3.8, 4) is 5.75 Å². The lowest BCUT2D eigenvalue weighted by Crippen LogP contribution is -1.94. The van der Waals surface area contributed by atoms with Gasteiger partial charge in [0.05, 0.1) is 5.75 Å². The minimum atomic E-state index is 0.291. The number of rotatable bonds is 5. The van der Waals surface area contributed by atoms with Crippen LogP contribution in [0, 0.1) is 0 Å². The molecule has 0 atom stereocenters. The fourth-order valence-electron chi connectivity index (χ4n) is 1.22. The summed E-state index contributed by atoms with van der Waals surface area (Å²) in [5.74, 6) is 1.09. The van der Waals surface area contributed by atoms with Crippen LogP contribution in [0.2, 0.25) is 0 Å². The monoisotopic (exact) mass is 267 g/mol. The zero-order chi connectivity index (χ0) is 12.1. The molecule has 2 N–H and O–H groups in total. The third kappa shape index (κ3) is 3.61. The van der Waals surface area contributed by atoms with Gasteiger partial charge in [0.15, 0.2) is 0 Å². The van der Waals surface area contributed by atoms with Crippen molar-refractivity contribution in [3.63, 3.8) is 0 Å². The molecule has 17 heavy (non-hydrogen) atoms. The Morgan fingerprint density at radius 1 is 1.29 bits per heavy atom. The highest BCUT2D eigenvalue weighted by atomic mass is 32.2. The summed E-state index contributed by atoms with van der Waals surface area (Å²) < 4.78 is 0. The summed E-state index contributed by atoms with van der Waals surface area (Å²) in [5, 5.41) is 22.3. The summed E-state index contributed by atoms with van der Waals surface area (Å²) in [6.07, 6.45) is 0. The molecular weight excluding hydrogens is 254 g/mol. The van der Waals surface area contributed by atoms with Crippen molar-refractivity contribution in [1.82, 2.24) is 10.2 Å². The van der Waals surface area contributed by atoms with Gasteiger partial charge < -0.3 is 10.4 Å². The Morgan fingerprint density at radius 3 is 2.76 bits per heavy atom. The lowest BCUT2D eigenvalue weighted by molar-refractivity contribution is 0.475.